The second-order valence-corrected chi connectivity index (χ2v) is 11.9. The molecule has 1 aromatic heterocycles. The molecule has 240 valence electrons. The van der Waals surface area contributed by atoms with E-state index in [2.05, 4.69) is 25.8 Å². The van der Waals surface area contributed by atoms with Crippen molar-refractivity contribution in [2.75, 3.05) is 33.8 Å². The molecule has 11 nitrogen and oxygen atoms in total. The number of methoxy groups -OCH3 is 1. The van der Waals surface area contributed by atoms with Crippen molar-refractivity contribution in [1.29, 1.82) is 0 Å². The van der Waals surface area contributed by atoms with E-state index in [4.69, 9.17) is 4.74 Å². The number of ether oxygens (including phenoxy) is 1. The average Bonchev–Trinajstić information content (AvgIpc) is 3.01. The van der Waals surface area contributed by atoms with Gasteiger partial charge in [0.15, 0.2) is 0 Å². The molecule has 1 aromatic carbocycles. The van der Waals surface area contributed by atoms with Gasteiger partial charge in [0, 0.05) is 51.9 Å². The molecule has 11 heteroatoms. The van der Waals surface area contributed by atoms with E-state index in [0.29, 0.717) is 51.2 Å². The molecule has 4 amide bonds. The van der Waals surface area contributed by atoms with Crippen molar-refractivity contribution in [2.45, 2.75) is 77.5 Å². The Bertz CT molecular complexity index is 1220. The van der Waals surface area contributed by atoms with Gasteiger partial charge in [-0.15, -0.1) is 0 Å². The van der Waals surface area contributed by atoms with E-state index in [1.54, 1.807) is 39.4 Å². The summed E-state index contributed by atoms with van der Waals surface area (Å²) in [7, 11) is 3.15. The van der Waals surface area contributed by atoms with E-state index < -0.39 is 29.9 Å². The maximum Gasteiger partial charge on any atom is 0.245 e. The first-order valence-electron chi connectivity index (χ1n) is 15.5. The average molecular weight is 609 g/mol. The number of aromatic nitrogens is 1. The van der Waals surface area contributed by atoms with Gasteiger partial charge >= 0.3 is 0 Å². The van der Waals surface area contributed by atoms with Crippen molar-refractivity contribution < 1.29 is 23.9 Å². The highest BCUT2D eigenvalue weighted by Crippen LogP contribution is 2.15. The van der Waals surface area contributed by atoms with E-state index in [1.165, 1.54) is 4.90 Å². The van der Waals surface area contributed by atoms with Gasteiger partial charge in [0.05, 0.1) is 7.11 Å². The topological polar surface area (TPSA) is 133 Å². The summed E-state index contributed by atoms with van der Waals surface area (Å²) in [4.78, 5) is 61.4. The fourth-order valence-corrected chi connectivity index (χ4v) is 5.20. The number of nitrogens with zero attached hydrogens (tertiary/aromatic N) is 3. The number of hydrogen-bond acceptors (Lipinski definition) is 7. The van der Waals surface area contributed by atoms with Gasteiger partial charge in [0.2, 0.25) is 23.6 Å². The molecule has 1 fully saturated rings. The number of rotatable bonds is 7. The van der Waals surface area contributed by atoms with Crippen molar-refractivity contribution in [3.8, 4) is 5.75 Å². The van der Waals surface area contributed by atoms with Gasteiger partial charge in [0.1, 0.15) is 23.9 Å². The third-order valence-electron chi connectivity index (χ3n) is 7.84. The lowest BCUT2D eigenvalue weighted by atomic mass is 10.00. The molecule has 1 aliphatic heterocycles. The smallest absolute Gasteiger partial charge is 0.245 e. The van der Waals surface area contributed by atoms with Crippen LogP contribution in [-0.4, -0.2) is 90.3 Å². The molecule has 0 bridgehead atoms. The van der Waals surface area contributed by atoms with Crippen LogP contribution in [0, 0.1) is 5.92 Å². The standard InChI is InChI=1S/C33H48N6O5/c1-23(2)19-28-32(42)37-29(20-25-11-13-27(44-5)14-12-25)33(43)38(4)24(3)31(41)35-16-8-18-39(17-7-10-30(40)36-28)22-26-9-6-15-34-21-26/h6,9,11-15,21,23-24,28-29H,7-8,10,16-20,22H2,1-5H3,(H,35,41)(H,36,40)(H,37,42)/t24-,28+,29-/m0/s1. The number of hydrogen-bond donors (Lipinski definition) is 3. The molecule has 0 radical (unpaired) electrons. The van der Waals surface area contributed by atoms with E-state index in [9.17, 15) is 19.2 Å². The van der Waals surface area contributed by atoms with Crippen LogP contribution in [0.25, 0.3) is 0 Å². The van der Waals surface area contributed by atoms with Crippen LogP contribution >= 0.6 is 0 Å². The van der Waals surface area contributed by atoms with Crippen LogP contribution in [0.5, 0.6) is 5.75 Å². The highest BCUT2D eigenvalue weighted by molar-refractivity contribution is 5.94. The third kappa shape index (κ3) is 10.9. The van der Waals surface area contributed by atoms with Crippen LogP contribution in [0.3, 0.4) is 0 Å². The molecule has 44 heavy (non-hydrogen) atoms. The predicted octanol–water partition coefficient (Wildman–Crippen LogP) is 2.30. The first-order chi connectivity index (χ1) is 21.1. The van der Waals surface area contributed by atoms with E-state index >= 15 is 0 Å². The van der Waals surface area contributed by atoms with E-state index in [1.807, 2.05) is 44.3 Å². The SMILES string of the molecule is COc1ccc(C[C@@H]2NC(=O)[C@@H](CC(C)C)NC(=O)CCCN(Cc3cccnc3)CCCNC(=O)[C@H](C)N(C)C2=O)cc1. The number of carbonyl (C=O) groups is 4. The molecule has 0 spiro atoms. The van der Waals surface area contributed by atoms with Crippen LogP contribution in [0.2, 0.25) is 0 Å². The van der Waals surface area contributed by atoms with Crippen LogP contribution in [0.4, 0.5) is 0 Å². The fourth-order valence-electron chi connectivity index (χ4n) is 5.20. The fraction of sp³-hybridized carbons (Fsp3) is 0.545. The Kier molecular flexibility index (Phi) is 13.6. The highest BCUT2D eigenvalue weighted by atomic mass is 16.5. The lowest BCUT2D eigenvalue weighted by molar-refractivity contribution is -0.141. The van der Waals surface area contributed by atoms with Crippen molar-refractivity contribution in [3.05, 3.63) is 59.9 Å². The second kappa shape index (κ2) is 17.3. The first-order valence-corrected chi connectivity index (χ1v) is 15.5. The number of amides is 4. The molecule has 2 aromatic rings. The quantitative estimate of drug-likeness (QED) is 0.439. The Morgan fingerprint density at radius 3 is 2.34 bits per heavy atom. The van der Waals surface area contributed by atoms with Gasteiger partial charge in [-0.2, -0.15) is 0 Å². The molecule has 0 aliphatic carbocycles. The molecule has 1 saturated heterocycles. The summed E-state index contributed by atoms with van der Waals surface area (Å²) >= 11 is 0. The largest absolute Gasteiger partial charge is 0.497 e. The van der Waals surface area contributed by atoms with Gasteiger partial charge in [-0.3, -0.25) is 29.1 Å². The van der Waals surface area contributed by atoms with Crippen molar-refractivity contribution in [3.63, 3.8) is 0 Å². The number of likely N-dealkylation sites (N-methyl/N-ethyl adjacent to an activating group) is 1. The van der Waals surface area contributed by atoms with Gasteiger partial charge in [0.25, 0.3) is 0 Å². The Labute approximate surface area is 261 Å². The minimum atomic E-state index is -0.942. The van der Waals surface area contributed by atoms with Crippen molar-refractivity contribution in [2.24, 2.45) is 5.92 Å². The molecule has 0 unspecified atom stereocenters. The Morgan fingerprint density at radius 1 is 0.955 bits per heavy atom. The number of benzene rings is 1. The van der Waals surface area contributed by atoms with Crippen molar-refractivity contribution in [1.82, 2.24) is 30.7 Å². The minimum absolute atomic E-state index is 0.126. The number of carbonyl (C=O) groups excluding carboxylic acids is 4. The lowest BCUT2D eigenvalue weighted by Gasteiger charge is -2.30. The molecule has 3 N–H and O–H groups in total. The van der Waals surface area contributed by atoms with Crippen molar-refractivity contribution >= 4 is 23.6 Å². The summed E-state index contributed by atoms with van der Waals surface area (Å²) in [6.45, 7) is 8.14. The summed E-state index contributed by atoms with van der Waals surface area (Å²) < 4.78 is 5.25. The molecular formula is C33H48N6O5. The zero-order valence-corrected chi connectivity index (χ0v) is 26.7. The van der Waals surface area contributed by atoms with Gasteiger partial charge < -0.3 is 25.6 Å². The van der Waals surface area contributed by atoms with Gasteiger partial charge in [-0.25, -0.2) is 0 Å². The maximum atomic E-state index is 13.8. The number of nitrogens with one attached hydrogen (secondary N) is 3. The van der Waals surface area contributed by atoms with Crippen LogP contribution in [-0.2, 0) is 32.1 Å². The predicted molar refractivity (Wildman–Crippen MR) is 169 cm³/mol. The van der Waals surface area contributed by atoms with E-state index in [-0.39, 0.29) is 30.6 Å². The van der Waals surface area contributed by atoms with Crippen LogP contribution < -0.4 is 20.7 Å². The normalized spacial score (nSPS) is 22.0. The Hall–Kier alpha value is -3.99. The summed E-state index contributed by atoms with van der Waals surface area (Å²) in [6.07, 6.45) is 5.76. The van der Waals surface area contributed by atoms with Gasteiger partial charge in [-0.05, 0) is 68.0 Å². The molecule has 2 heterocycles. The molecule has 3 atom stereocenters. The second-order valence-electron chi connectivity index (χ2n) is 11.9. The molecule has 3 rings (SSSR count). The number of pyridine rings is 1. The van der Waals surface area contributed by atoms with Crippen LogP contribution in [0.15, 0.2) is 48.8 Å². The molecule has 0 saturated carbocycles. The third-order valence-corrected chi connectivity index (χ3v) is 7.84. The lowest BCUT2D eigenvalue weighted by Crippen LogP contribution is -2.57. The Balaban J connectivity index is 1.83. The summed E-state index contributed by atoms with van der Waals surface area (Å²) in [5, 5.41) is 8.78. The summed E-state index contributed by atoms with van der Waals surface area (Å²) in [6, 6.07) is 8.67. The summed E-state index contributed by atoms with van der Waals surface area (Å²) in [5.74, 6) is -0.486. The maximum absolute atomic E-state index is 13.8. The zero-order chi connectivity index (χ0) is 32.1. The van der Waals surface area contributed by atoms with Crippen LogP contribution in [0.1, 0.15) is 57.6 Å². The highest BCUT2D eigenvalue weighted by Gasteiger charge is 2.32. The van der Waals surface area contributed by atoms with Gasteiger partial charge in [-0.1, -0.05) is 32.0 Å². The monoisotopic (exact) mass is 608 g/mol. The zero-order valence-electron chi connectivity index (χ0n) is 26.7. The van der Waals surface area contributed by atoms with E-state index in [0.717, 1.165) is 11.1 Å². The molecule has 1 aliphatic rings. The summed E-state index contributed by atoms with van der Waals surface area (Å²) in [5.41, 5.74) is 1.88. The first kappa shape index (κ1) is 34.5. The Morgan fingerprint density at radius 2 is 1.68 bits per heavy atom. The minimum Gasteiger partial charge on any atom is -0.497 e. The molecular weight excluding hydrogens is 560 g/mol.